The summed E-state index contributed by atoms with van der Waals surface area (Å²) >= 11 is 0. The van der Waals surface area contributed by atoms with Crippen LogP contribution in [0.5, 0.6) is 0 Å². The zero-order chi connectivity index (χ0) is 12.8. The lowest BCUT2D eigenvalue weighted by molar-refractivity contribution is -0.216. The summed E-state index contributed by atoms with van der Waals surface area (Å²) in [5.74, 6) is -2.22. The molecule has 0 spiro atoms. The molecule has 3 nitrogen and oxygen atoms in total. The third-order valence-corrected chi connectivity index (χ3v) is 2.43. The number of rotatable bonds is 2. The summed E-state index contributed by atoms with van der Waals surface area (Å²) in [6.45, 7) is 4.53. The predicted molar refractivity (Wildman–Crippen MR) is 51.5 cm³/mol. The molecule has 1 rings (SSSR count). The second-order valence-corrected chi connectivity index (χ2v) is 5.14. The van der Waals surface area contributed by atoms with E-state index in [1.807, 2.05) is 0 Å². The summed E-state index contributed by atoms with van der Waals surface area (Å²) in [7, 11) is 0. The third kappa shape index (κ3) is 2.48. The van der Waals surface area contributed by atoms with Crippen LogP contribution < -0.4 is 5.73 Å². The molecule has 16 heavy (non-hydrogen) atoms. The van der Waals surface area contributed by atoms with Crippen molar-refractivity contribution >= 4 is 5.97 Å². The minimum Gasteiger partial charge on any atom is -0.458 e. The van der Waals surface area contributed by atoms with Gasteiger partial charge in [-0.1, -0.05) is 0 Å². The second kappa shape index (κ2) is 3.61. The van der Waals surface area contributed by atoms with Crippen LogP contribution in [-0.2, 0) is 9.53 Å². The summed E-state index contributed by atoms with van der Waals surface area (Å²) in [4.78, 5) is 11.5. The lowest BCUT2D eigenvalue weighted by atomic mass is 9.93. The minimum absolute atomic E-state index is 0.315. The summed E-state index contributed by atoms with van der Waals surface area (Å²) in [6.07, 6.45) is -4.14. The van der Waals surface area contributed by atoms with Gasteiger partial charge < -0.3 is 10.5 Å². The summed E-state index contributed by atoms with van der Waals surface area (Å²) in [5.41, 5.74) is 1.41. The molecule has 6 heteroatoms. The Balaban J connectivity index is 2.91. The van der Waals surface area contributed by atoms with Gasteiger partial charge in [-0.05, 0) is 39.5 Å². The van der Waals surface area contributed by atoms with E-state index >= 15 is 0 Å². The van der Waals surface area contributed by atoms with Crippen molar-refractivity contribution in [1.82, 2.24) is 0 Å². The zero-order valence-corrected chi connectivity index (χ0v) is 9.52. The predicted octanol–water partition coefficient (Wildman–Crippen LogP) is 2.00. The zero-order valence-electron chi connectivity index (χ0n) is 9.52. The number of nitrogens with two attached hydrogens (primary N) is 1. The molecule has 94 valence electrons. The van der Waals surface area contributed by atoms with Crippen LogP contribution in [0.25, 0.3) is 0 Å². The number of alkyl halides is 3. The van der Waals surface area contributed by atoms with E-state index < -0.39 is 29.2 Å². The molecule has 1 saturated carbocycles. The number of hydrogen-bond acceptors (Lipinski definition) is 3. The molecule has 1 aliphatic carbocycles. The SMILES string of the molecule is CC(C)(C)OC(=O)C(N)(C1CC1)C(F)(F)F. The number of halogens is 3. The van der Waals surface area contributed by atoms with Gasteiger partial charge >= 0.3 is 12.1 Å². The van der Waals surface area contributed by atoms with E-state index in [2.05, 4.69) is 0 Å². The van der Waals surface area contributed by atoms with Crippen LogP contribution in [0, 0.1) is 5.92 Å². The maximum Gasteiger partial charge on any atom is 0.417 e. The first-order chi connectivity index (χ1) is 6.98. The molecule has 1 fully saturated rings. The van der Waals surface area contributed by atoms with Gasteiger partial charge in [-0.15, -0.1) is 0 Å². The maximum absolute atomic E-state index is 12.8. The molecule has 1 unspecified atom stereocenters. The fourth-order valence-corrected chi connectivity index (χ4v) is 1.42. The molecule has 0 aromatic carbocycles. The van der Waals surface area contributed by atoms with Crippen LogP contribution >= 0.6 is 0 Å². The molecular weight excluding hydrogens is 223 g/mol. The van der Waals surface area contributed by atoms with Gasteiger partial charge in [0.15, 0.2) is 0 Å². The van der Waals surface area contributed by atoms with Crippen LogP contribution in [0.15, 0.2) is 0 Å². The van der Waals surface area contributed by atoms with Gasteiger partial charge in [0, 0.05) is 0 Å². The van der Waals surface area contributed by atoms with Crippen molar-refractivity contribution < 1.29 is 22.7 Å². The highest BCUT2D eigenvalue weighted by molar-refractivity contribution is 5.83. The number of ether oxygens (including phenoxy) is 1. The fraction of sp³-hybridized carbons (Fsp3) is 0.900. The van der Waals surface area contributed by atoms with Crippen molar-refractivity contribution in [3.63, 3.8) is 0 Å². The van der Waals surface area contributed by atoms with Gasteiger partial charge in [-0.2, -0.15) is 13.2 Å². The highest BCUT2D eigenvalue weighted by Gasteiger charge is 2.66. The lowest BCUT2D eigenvalue weighted by Crippen LogP contribution is -2.63. The molecule has 1 atom stereocenters. The van der Waals surface area contributed by atoms with Crippen LogP contribution in [0.3, 0.4) is 0 Å². The van der Waals surface area contributed by atoms with Gasteiger partial charge in [0.25, 0.3) is 0 Å². The molecule has 0 aromatic heterocycles. The van der Waals surface area contributed by atoms with Gasteiger partial charge in [-0.3, -0.25) is 0 Å². The van der Waals surface area contributed by atoms with Crippen molar-refractivity contribution in [2.75, 3.05) is 0 Å². The molecule has 0 amide bonds. The second-order valence-electron chi connectivity index (χ2n) is 5.14. The van der Waals surface area contributed by atoms with Crippen LogP contribution in [-0.4, -0.2) is 23.3 Å². The Hall–Kier alpha value is -0.780. The van der Waals surface area contributed by atoms with Gasteiger partial charge in [-0.25, -0.2) is 4.79 Å². The van der Waals surface area contributed by atoms with Gasteiger partial charge in [0.05, 0.1) is 0 Å². The van der Waals surface area contributed by atoms with E-state index in [-0.39, 0.29) is 0 Å². The van der Waals surface area contributed by atoms with Gasteiger partial charge in [0.1, 0.15) is 5.60 Å². The first kappa shape index (κ1) is 13.3. The Morgan fingerprint density at radius 3 is 1.94 bits per heavy atom. The number of esters is 1. The Morgan fingerprint density at radius 2 is 1.69 bits per heavy atom. The molecule has 2 N–H and O–H groups in total. The molecule has 0 heterocycles. The molecular formula is C10H16F3NO2. The van der Waals surface area contributed by atoms with E-state index in [1.165, 1.54) is 20.8 Å². The van der Waals surface area contributed by atoms with Gasteiger partial charge in [0.2, 0.25) is 5.54 Å². The normalized spacial score (nSPS) is 21.4. The highest BCUT2D eigenvalue weighted by Crippen LogP contribution is 2.47. The average Bonchev–Trinajstić information content (AvgIpc) is 2.78. The molecule has 0 bridgehead atoms. The van der Waals surface area contributed by atoms with E-state index in [0.29, 0.717) is 12.8 Å². The Morgan fingerprint density at radius 1 is 1.25 bits per heavy atom. The number of carbonyl (C=O) groups excluding carboxylic acids is 1. The Bertz CT molecular complexity index is 291. The number of hydrogen-bond donors (Lipinski definition) is 1. The smallest absolute Gasteiger partial charge is 0.417 e. The topological polar surface area (TPSA) is 52.3 Å². The van der Waals surface area contributed by atoms with Crippen LogP contribution in [0.2, 0.25) is 0 Å². The van der Waals surface area contributed by atoms with E-state index in [1.54, 1.807) is 0 Å². The average molecular weight is 239 g/mol. The van der Waals surface area contributed by atoms with Crippen LogP contribution in [0.4, 0.5) is 13.2 Å². The maximum atomic E-state index is 12.8. The lowest BCUT2D eigenvalue weighted by Gasteiger charge is -2.32. The van der Waals surface area contributed by atoms with Crippen molar-refractivity contribution in [1.29, 1.82) is 0 Å². The van der Waals surface area contributed by atoms with Crippen molar-refractivity contribution in [2.24, 2.45) is 11.7 Å². The monoisotopic (exact) mass is 239 g/mol. The molecule has 0 saturated heterocycles. The third-order valence-electron chi connectivity index (χ3n) is 2.43. The van der Waals surface area contributed by atoms with E-state index in [0.717, 1.165) is 0 Å². The Kier molecular flexibility index (Phi) is 3.00. The highest BCUT2D eigenvalue weighted by atomic mass is 19.4. The van der Waals surface area contributed by atoms with E-state index in [9.17, 15) is 18.0 Å². The molecule has 0 aromatic rings. The van der Waals surface area contributed by atoms with Crippen molar-refractivity contribution in [2.45, 2.75) is 50.9 Å². The summed E-state index contributed by atoms with van der Waals surface area (Å²) < 4.78 is 43.1. The molecule has 0 aliphatic heterocycles. The largest absolute Gasteiger partial charge is 0.458 e. The van der Waals surface area contributed by atoms with E-state index in [4.69, 9.17) is 10.5 Å². The summed E-state index contributed by atoms with van der Waals surface area (Å²) in [6, 6.07) is 0. The fourth-order valence-electron chi connectivity index (χ4n) is 1.42. The van der Waals surface area contributed by atoms with Crippen molar-refractivity contribution in [3.05, 3.63) is 0 Å². The Labute approximate surface area is 92.1 Å². The van der Waals surface area contributed by atoms with Crippen LogP contribution in [0.1, 0.15) is 33.6 Å². The quantitative estimate of drug-likeness (QED) is 0.750. The first-order valence-electron chi connectivity index (χ1n) is 5.07. The van der Waals surface area contributed by atoms with Crippen molar-refractivity contribution in [3.8, 4) is 0 Å². The number of carbonyl (C=O) groups is 1. The standard InChI is InChI=1S/C10H16F3NO2/c1-8(2,3)16-7(15)9(14,6-4-5-6)10(11,12)13/h6H,4-5,14H2,1-3H3. The molecule has 0 radical (unpaired) electrons. The molecule has 1 aliphatic rings. The minimum atomic E-state index is -4.77. The first-order valence-corrected chi connectivity index (χ1v) is 5.07. The summed E-state index contributed by atoms with van der Waals surface area (Å²) in [5, 5.41) is 0.